The number of hydrogen-bond donors (Lipinski definition) is 1. The van der Waals surface area contributed by atoms with Gasteiger partial charge in [0, 0.05) is 0 Å². The van der Waals surface area contributed by atoms with Crippen molar-refractivity contribution in [1.82, 2.24) is 5.32 Å². The van der Waals surface area contributed by atoms with E-state index in [4.69, 9.17) is 9.47 Å². The average molecular weight is 396 g/mol. The first-order valence-corrected chi connectivity index (χ1v) is 10.6. The second kappa shape index (κ2) is 9.34. The van der Waals surface area contributed by atoms with Gasteiger partial charge in [-0.25, -0.2) is 0 Å². The van der Waals surface area contributed by atoms with Gasteiger partial charge in [-0.15, -0.1) is 0 Å². The minimum absolute atomic E-state index is 0.120. The van der Waals surface area contributed by atoms with Crippen molar-refractivity contribution in [3.8, 4) is 11.5 Å². The summed E-state index contributed by atoms with van der Waals surface area (Å²) in [5.74, 6) is 1.54. The molecule has 0 saturated carbocycles. The molecule has 29 heavy (non-hydrogen) atoms. The zero-order chi connectivity index (χ0) is 20.9. The van der Waals surface area contributed by atoms with Crippen LogP contribution in [0.2, 0.25) is 0 Å². The molecule has 0 saturated heterocycles. The Kier molecular flexibility index (Phi) is 6.83. The van der Waals surface area contributed by atoms with Crippen molar-refractivity contribution in [2.24, 2.45) is 0 Å². The molecule has 0 spiro atoms. The molecule has 4 nitrogen and oxygen atoms in total. The van der Waals surface area contributed by atoms with Crippen LogP contribution in [-0.4, -0.2) is 25.2 Å². The number of amides is 1. The molecule has 1 aliphatic rings. The van der Waals surface area contributed by atoms with Crippen LogP contribution in [0.15, 0.2) is 42.5 Å². The summed E-state index contributed by atoms with van der Waals surface area (Å²) in [5.41, 5.74) is 4.01. The van der Waals surface area contributed by atoms with Crippen molar-refractivity contribution in [2.45, 2.75) is 64.9 Å². The number of rotatable bonds is 7. The number of hydrogen-bond acceptors (Lipinski definition) is 3. The minimum Gasteiger partial charge on any atom is -0.492 e. The highest BCUT2D eigenvalue weighted by Gasteiger charge is 2.19. The highest BCUT2D eigenvalue weighted by molar-refractivity contribution is 5.80. The molecule has 2 aromatic rings. The van der Waals surface area contributed by atoms with Crippen LogP contribution in [0.4, 0.5) is 0 Å². The first kappa shape index (κ1) is 21.2. The summed E-state index contributed by atoms with van der Waals surface area (Å²) in [7, 11) is 0. The summed E-state index contributed by atoms with van der Waals surface area (Å²) in [5, 5.41) is 2.90. The van der Waals surface area contributed by atoms with Crippen molar-refractivity contribution in [2.75, 3.05) is 13.2 Å². The van der Waals surface area contributed by atoms with Gasteiger partial charge in [0.1, 0.15) is 18.1 Å². The summed E-state index contributed by atoms with van der Waals surface area (Å²) < 4.78 is 11.7. The second-order valence-corrected chi connectivity index (χ2v) is 8.77. The molecule has 0 bridgehead atoms. The van der Waals surface area contributed by atoms with Gasteiger partial charge in [-0.3, -0.25) is 4.79 Å². The maximum absolute atomic E-state index is 12.4. The summed E-state index contributed by atoms with van der Waals surface area (Å²) in [6, 6.07) is 14.3. The first-order chi connectivity index (χ1) is 13.8. The van der Waals surface area contributed by atoms with E-state index in [1.165, 1.54) is 29.5 Å². The molecule has 0 aliphatic heterocycles. The fraction of sp³-hybridized carbons (Fsp3) is 0.480. The van der Waals surface area contributed by atoms with Crippen molar-refractivity contribution in [3.63, 3.8) is 0 Å². The van der Waals surface area contributed by atoms with Crippen LogP contribution < -0.4 is 14.8 Å². The third-order valence-electron chi connectivity index (χ3n) is 5.42. The SMILES string of the molecule is C[C@@H](Oc1cccc2c1CCCC2)C(=O)NCCOc1ccc(C(C)(C)C)cc1. The lowest BCUT2D eigenvalue weighted by Crippen LogP contribution is -2.38. The molecular formula is C25H33NO3. The highest BCUT2D eigenvalue weighted by atomic mass is 16.5. The molecule has 0 heterocycles. The van der Waals surface area contributed by atoms with E-state index in [1.54, 1.807) is 6.92 Å². The Labute approximate surface area is 174 Å². The van der Waals surface area contributed by atoms with Crippen LogP contribution in [0.5, 0.6) is 11.5 Å². The van der Waals surface area contributed by atoms with Gasteiger partial charge in [-0.2, -0.15) is 0 Å². The van der Waals surface area contributed by atoms with Crippen LogP contribution >= 0.6 is 0 Å². The van der Waals surface area contributed by atoms with Gasteiger partial charge in [0.15, 0.2) is 6.10 Å². The molecule has 1 atom stereocenters. The monoisotopic (exact) mass is 395 g/mol. The van der Waals surface area contributed by atoms with Gasteiger partial charge in [0.25, 0.3) is 5.91 Å². The lowest BCUT2D eigenvalue weighted by molar-refractivity contribution is -0.127. The molecule has 1 N–H and O–H groups in total. The van der Waals surface area contributed by atoms with E-state index in [1.807, 2.05) is 24.3 Å². The van der Waals surface area contributed by atoms with Crippen LogP contribution in [0, 0.1) is 0 Å². The van der Waals surface area contributed by atoms with Crippen molar-refractivity contribution >= 4 is 5.91 Å². The molecule has 0 radical (unpaired) electrons. The van der Waals surface area contributed by atoms with Gasteiger partial charge >= 0.3 is 0 Å². The number of nitrogens with one attached hydrogen (secondary N) is 1. The Morgan fingerprint density at radius 3 is 2.52 bits per heavy atom. The van der Waals surface area contributed by atoms with E-state index in [0.29, 0.717) is 13.2 Å². The van der Waals surface area contributed by atoms with Gasteiger partial charge in [0.05, 0.1) is 6.54 Å². The van der Waals surface area contributed by atoms with Crippen molar-refractivity contribution in [1.29, 1.82) is 0 Å². The Morgan fingerprint density at radius 2 is 1.79 bits per heavy atom. The third kappa shape index (κ3) is 5.75. The Balaban J connectivity index is 1.44. The zero-order valence-corrected chi connectivity index (χ0v) is 18.1. The zero-order valence-electron chi connectivity index (χ0n) is 18.1. The third-order valence-corrected chi connectivity index (χ3v) is 5.42. The number of carbonyl (C=O) groups is 1. The lowest BCUT2D eigenvalue weighted by atomic mass is 9.87. The number of fused-ring (bicyclic) bond motifs is 1. The predicted molar refractivity (Wildman–Crippen MR) is 117 cm³/mol. The molecule has 2 aromatic carbocycles. The Morgan fingerprint density at radius 1 is 1.07 bits per heavy atom. The molecule has 0 aromatic heterocycles. The molecule has 1 aliphatic carbocycles. The maximum Gasteiger partial charge on any atom is 0.260 e. The molecule has 0 unspecified atom stereocenters. The van der Waals surface area contributed by atoms with E-state index in [-0.39, 0.29) is 11.3 Å². The van der Waals surface area contributed by atoms with Crippen molar-refractivity contribution < 1.29 is 14.3 Å². The molecular weight excluding hydrogens is 362 g/mol. The fourth-order valence-corrected chi connectivity index (χ4v) is 3.64. The predicted octanol–water partition coefficient (Wildman–Crippen LogP) is 4.83. The summed E-state index contributed by atoms with van der Waals surface area (Å²) in [4.78, 5) is 12.4. The largest absolute Gasteiger partial charge is 0.492 e. The van der Waals surface area contributed by atoms with Crippen LogP contribution in [0.25, 0.3) is 0 Å². The van der Waals surface area contributed by atoms with Gasteiger partial charge in [-0.05, 0) is 72.9 Å². The van der Waals surface area contributed by atoms with Crippen molar-refractivity contribution in [3.05, 3.63) is 59.2 Å². The maximum atomic E-state index is 12.4. The second-order valence-electron chi connectivity index (χ2n) is 8.77. The lowest BCUT2D eigenvalue weighted by Gasteiger charge is -2.22. The molecule has 4 heteroatoms. The van der Waals surface area contributed by atoms with Crippen LogP contribution in [0.3, 0.4) is 0 Å². The quantitative estimate of drug-likeness (QED) is 0.684. The highest BCUT2D eigenvalue weighted by Crippen LogP contribution is 2.30. The number of carbonyl (C=O) groups excluding carboxylic acids is 1. The van der Waals surface area contributed by atoms with Gasteiger partial charge in [-0.1, -0.05) is 45.0 Å². The smallest absolute Gasteiger partial charge is 0.260 e. The van der Waals surface area contributed by atoms with E-state index < -0.39 is 6.10 Å². The number of ether oxygens (including phenoxy) is 2. The topological polar surface area (TPSA) is 47.6 Å². The summed E-state index contributed by atoms with van der Waals surface area (Å²) >= 11 is 0. The Bertz CT molecular complexity index is 821. The first-order valence-electron chi connectivity index (χ1n) is 10.6. The minimum atomic E-state index is -0.533. The molecule has 1 amide bonds. The number of benzene rings is 2. The molecule has 156 valence electrons. The molecule has 0 fully saturated rings. The summed E-state index contributed by atoms with van der Waals surface area (Å²) in [6.45, 7) is 9.23. The van der Waals surface area contributed by atoms with Crippen LogP contribution in [0.1, 0.15) is 57.2 Å². The Hall–Kier alpha value is -2.49. The standard InChI is InChI=1S/C25H33NO3/c1-18(29-23-11-7-9-19-8-5-6-10-22(19)23)24(27)26-16-17-28-21-14-12-20(13-15-21)25(2,3)4/h7,9,11-15,18H,5-6,8,10,16-17H2,1-4H3,(H,26,27)/t18-/m1/s1. The van der Waals surface area contributed by atoms with E-state index in [9.17, 15) is 4.79 Å². The van der Waals surface area contributed by atoms with E-state index in [0.717, 1.165) is 24.3 Å². The average Bonchev–Trinajstić information content (AvgIpc) is 2.71. The van der Waals surface area contributed by atoms with Crippen LogP contribution in [-0.2, 0) is 23.1 Å². The fourth-order valence-electron chi connectivity index (χ4n) is 3.64. The van der Waals surface area contributed by atoms with E-state index in [2.05, 4.69) is 44.3 Å². The number of aryl methyl sites for hydroxylation is 1. The summed E-state index contributed by atoms with van der Waals surface area (Å²) in [6.07, 6.45) is 4.01. The van der Waals surface area contributed by atoms with E-state index >= 15 is 0 Å². The normalized spacial score (nSPS) is 14.6. The van der Waals surface area contributed by atoms with Gasteiger partial charge < -0.3 is 14.8 Å². The van der Waals surface area contributed by atoms with Gasteiger partial charge in [0.2, 0.25) is 0 Å². The molecule has 3 rings (SSSR count).